The lowest BCUT2D eigenvalue weighted by Crippen LogP contribution is -2.28. The zero-order valence-corrected chi connectivity index (χ0v) is 35.7. The van der Waals surface area contributed by atoms with Crippen LogP contribution >= 0.6 is 0 Å². The maximum absolute atomic E-state index is 2.37. The molecule has 12 aromatic carbocycles. The average Bonchev–Trinajstić information content (AvgIpc) is 3.68. The molecule has 0 aromatic heterocycles. The molecule has 1 aliphatic carbocycles. The van der Waals surface area contributed by atoms with Crippen molar-refractivity contribution in [3.05, 3.63) is 277 Å². The highest BCUT2D eigenvalue weighted by Gasteiger charge is 2.45. The molecule has 13 rings (SSSR count). The molecule has 0 N–H and O–H groups in total. The van der Waals surface area contributed by atoms with Crippen molar-refractivity contribution < 1.29 is 0 Å². The summed E-state index contributed by atoms with van der Waals surface area (Å²) in [5.41, 5.74) is 17.1. The molecule has 0 radical (unpaired) electrons. The van der Waals surface area contributed by atoms with Crippen LogP contribution in [0.25, 0.3) is 98.7 Å². The van der Waals surface area contributed by atoms with Crippen LogP contribution in [-0.2, 0) is 5.41 Å². The lowest BCUT2D eigenvalue weighted by Gasteiger charge is -2.34. The van der Waals surface area contributed by atoms with Gasteiger partial charge >= 0.3 is 0 Å². The number of hydrogen-bond donors (Lipinski definition) is 0. The Kier molecular flexibility index (Phi) is 8.54. The van der Waals surface area contributed by atoms with E-state index in [-0.39, 0.29) is 0 Å². The van der Waals surface area contributed by atoms with E-state index in [0.717, 1.165) is 0 Å². The van der Waals surface area contributed by atoms with Gasteiger partial charge in [0.05, 0.1) is 5.41 Å². The molecule has 0 heterocycles. The van der Waals surface area contributed by atoms with Crippen LogP contribution < -0.4 is 0 Å². The molecule has 0 aliphatic heterocycles. The van der Waals surface area contributed by atoms with E-state index in [0.29, 0.717) is 0 Å². The van der Waals surface area contributed by atoms with Crippen LogP contribution in [0, 0.1) is 0 Å². The van der Waals surface area contributed by atoms with Gasteiger partial charge in [-0.3, -0.25) is 0 Å². The van der Waals surface area contributed by atoms with Crippen LogP contribution in [0.15, 0.2) is 255 Å². The van der Waals surface area contributed by atoms with Crippen molar-refractivity contribution in [1.82, 2.24) is 0 Å². The summed E-state index contributed by atoms with van der Waals surface area (Å²) >= 11 is 0. The molecule has 0 nitrogen and oxygen atoms in total. The van der Waals surface area contributed by atoms with Crippen LogP contribution in [0.2, 0.25) is 0 Å². The molecule has 302 valence electrons. The molecule has 0 saturated carbocycles. The molecule has 0 atom stereocenters. The monoisotopic (exact) mass is 822 g/mol. The maximum Gasteiger partial charge on any atom is 0.0713 e. The van der Waals surface area contributed by atoms with E-state index in [1.54, 1.807) is 0 Å². The summed E-state index contributed by atoms with van der Waals surface area (Å²) in [4.78, 5) is 0. The third-order valence-corrected chi connectivity index (χ3v) is 14.1. The maximum atomic E-state index is 2.37. The van der Waals surface area contributed by atoms with Crippen molar-refractivity contribution in [3.8, 4) is 55.6 Å². The Hall–Kier alpha value is -8.32. The Morgan fingerprint density at radius 3 is 0.815 bits per heavy atom. The smallest absolute Gasteiger partial charge is 0.0619 e. The molecule has 12 aromatic rings. The highest BCUT2D eigenvalue weighted by atomic mass is 14.5. The van der Waals surface area contributed by atoms with E-state index in [4.69, 9.17) is 0 Å². The summed E-state index contributed by atoms with van der Waals surface area (Å²) < 4.78 is 0. The van der Waals surface area contributed by atoms with Crippen molar-refractivity contribution in [2.45, 2.75) is 5.41 Å². The van der Waals surface area contributed by atoms with Gasteiger partial charge in [0.1, 0.15) is 0 Å². The van der Waals surface area contributed by atoms with Gasteiger partial charge in [0, 0.05) is 0 Å². The fraction of sp³-hybridized carbons (Fsp3) is 0.0154. The number of fused-ring (bicyclic) bond motifs is 7. The van der Waals surface area contributed by atoms with E-state index < -0.39 is 5.41 Å². The summed E-state index contributed by atoms with van der Waals surface area (Å²) in [6.07, 6.45) is 0. The quantitative estimate of drug-likeness (QED) is 0.147. The molecule has 0 saturated heterocycles. The van der Waals surface area contributed by atoms with E-state index >= 15 is 0 Å². The summed E-state index contributed by atoms with van der Waals surface area (Å²) in [5, 5.41) is 10.2. The largest absolute Gasteiger partial charge is 0.0713 e. The second kappa shape index (κ2) is 14.9. The van der Waals surface area contributed by atoms with E-state index in [2.05, 4.69) is 255 Å². The van der Waals surface area contributed by atoms with Crippen molar-refractivity contribution >= 4 is 43.1 Å². The Morgan fingerprint density at radius 1 is 0.215 bits per heavy atom. The molecule has 0 heteroatoms. The highest BCUT2D eigenvalue weighted by molar-refractivity contribution is 6.14. The predicted molar refractivity (Wildman–Crippen MR) is 276 cm³/mol. The number of benzene rings is 12. The van der Waals surface area contributed by atoms with Gasteiger partial charge in [-0.2, -0.15) is 0 Å². The first-order chi connectivity index (χ1) is 32.2. The predicted octanol–water partition coefficient (Wildman–Crippen LogP) is 17.3. The van der Waals surface area contributed by atoms with Crippen molar-refractivity contribution in [1.29, 1.82) is 0 Å². The molecule has 0 bridgehead atoms. The lowest BCUT2D eigenvalue weighted by molar-refractivity contribution is 0.769. The Morgan fingerprint density at radius 2 is 0.477 bits per heavy atom. The molecule has 1 aliphatic rings. The van der Waals surface area contributed by atoms with E-state index in [9.17, 15) is 0 Å². The first-order valence-corrected chi connectivity index (χ1v) is 22.7. The zero-order valence-electron chi connectivity index (χ0n) is 35.7. The van der Waals surface area contributed by atoms with Crippen LogP contribution in [0.5, 0.6) is 0 Å². The Balaban J connectivity index is 0.880. The topological polar surface area (TPSA) is 0 Å². The van der Waals surface area contributed by atoms with Crippen LogP contribution in [0.4, 0.5) is 0 Å². The fourth-order valence-electron chi connectivity index (χ4n) is 11.2. The summed E-state index contributed by atoms with van der Waals surface area (Å²) in [7, 11) is 0. The molecule has 0 fully saturated rings. The number of rotatable bonds is 6. The third kappa shape index (κ3) is 5.84. The van der Waals surface area contributed by atoms with Gasteiger partial charge in [-0.25, -0.2) is 0 Å². The zero-order chi connectivity index (χ0) is 42.9. The minimum atomic E-state index is -0.483. The van der Waals surface area contributed by atoms with Gasteiger partial charge in [-0.15, -0.1) is 0 Å². The molecule has 0 spiro atoms. The normalized spacial score (nSPS) is 12.7. The van der Waals surface area contributed by atoms with Gasteiger partial charge in [0.15, 0.2) is 0 Å². The number of hydrogen-bond acceptors (Lipinski definition) is 0. The second-order valence-corrected chi connectivity index (χ2v) is 17.5. The summed E-state index contributed by atoms with van der Waals surface area (Å²) in [6.45, 7) is 0. The van der Waals surface area contributed by atoms with Crippen LogP contribution in [0.1, 0.15) is 22.3 Å². The molecule has 0 amide bonds. The van der Waals surface area contributed by atoms with Gasteiger partial charge in [0.25, 0.3) is 0 Å². The van der Waals surface area contributed by atoms with E-state index in [1.165, 1.54) is 121 Å². The molecular weight excluding hydrogens is 781 g/mol. The summed E-state index contributed by atoms with van der Waals surface area (Å²) in [6, 6.07) is 94.6. The van der Waals surface area contributed by atoms with Crippen molar-refractivity contribution in [2.75, 3.05) is 0 Å². The van der Waals surface area contributed by atoms with Crippen LogP contribution in [0.3, 0.4) is 0 Å². The minimum absolute atomic E-state index is 0.483. The van der Waals surface area contributed by atoms with Crippen molar-refractivity contribution in [2.24, 2.45) is 0 Å². The average molecular weight is 823 g/mol. The van der Waals surface area contributed by atoms with Gasteiger partial charge in [-0.05, 0) is 133 Å². The second-order valence-electron chi connectivity index (χ2n) is 17.5. The summed E-state index contributed by atoms with van der Waals surface area (Å²) in [5.74, 6) is 0. The lowest BCUT2D eigenvalue weighted by atomic mass is 9.67. The van der Waals surface area contributed by atoms with Crippen molar-refractivity contribution in [3.63, 3.8) is 0 Å². The Bertz CT molecular complexity index is 3420. The minimum Gasteiger partial charge on any atom is -0.0619 e. The first-order valence-electron chi connectivity index (χ1n) is 22.7. The van der Waals surface area contributed by atoms with E-state index in [1.807, 2.05) is 0 Å². The SMILES string of the molecule is c1ccc2c(c1)-c1ccccc1C2(c1ccc(-c2ccc(-c3c4ccccc4cc4ccccc34)cc2)cc1)c1ccc(-c2ccc(-c3c4ccccc4cc4ccccc34)cc2)cc1. The molecule has 0 unspecified atom stereocenters. The Labute approximate surface area is 379 Å². The standard InChI is InChI=1S/C65H42/c1-5-17-55-49(13-1)41-50-14-2-6-18-56(50)63(55)47-29-25-43(26-30-47)45-33-37-53(38-34-45)65(61-23-11-9-21-59(61)60-22-10-12-24-62(60)65)54-39-35-46(36-40-54)44-27-31-48(32-28-44)64-57-19-7-3-15-51(57)42-52-16-4-8-20-58(52)64/h1-42H. The van der Waals surface area contributed by atoms with Gasteiger partial charge in [-0.1, -0.05) is 243 Å². The third-order valence-electron chi connectivity index (χ3n) is 14.1. The fourth-order valence-corrected chi connectivity index (χ4v) is 11.2. The highest BCUT2D eigenvalue weighted by Crippen LogP contribution is 2.56. The van der Waals surface area contributed by atoms with Gasteiger partial charge in [0.2, 0.25) is 0 Å². The molecular formula is C65H42. The first kappa shape index (κ1) is 37.3. The van der Waals surface area contributed by atoms with Crippen LogP contribution in [-0.4, -0.2) is 0 Å². The molecule has 65 heavy (non-hydrogen) atoms. The van der Waals surface area contributed by atoms with Gasteiger partial charge < -0.3 is 0 Å².